The molecule has 0 aliphatic carbocycles. The van der Waals surface area contributed by atoms with Crippen molar-refractivity contribution < 1.29 is 9.31 Å². The summed E-state index contributed by atoms with van der Waals surface area (Å²) in [4.78, 5) is 11.9. The van der Waals surface area contributed by atoms with Crippen LogP contribution in [-0.4, -0.2) is 22.9 Å². The van der Waals surface area contributed by atoms with E-state index in [2.05, 4.69) is 24.8 Å². The number of nitro benzene ring substituents is 1. The first-order valence-corrected chi connectivity index (χ1v) is 6.46. The molecule has 0 fully saturated rings. The lowest BCUT2D eigenvalue weighted by atomic mass is 10.1. The van der Waals surface area contributed by atoms with E-state index in [9.17, 15) is 14.5 Å². The van der Waals surface area contributed by atoms with Crippen molar-refractivity contribution in [3.8, 4) is 6.07 Å². The third kappa shape index (κ3) is 4.94. The Hall–Kier alpha value is -2.00. The van der Waals surface area contributed by atoms with Crippen molar-refractivity contribution in [2.45, 2.75) is 26.8 Å². The summed E-state index contributed by atoms with van der Waals surface area (Å²) >= 11 is 0. The fourth-order valence-electron chi connectivity index (χ4n) is 2.01. The molecule has 1 aromatic carbocycles. The van der Waals surface area contributed by atoms with Crippen LogP contribution in [0.2, 0.25) is 0 Å². The fourth-order valence-corrected chi connectivity index (χ4v) is 2.01. The van der Waals surface area contributed by atoms with Crippen LogP contribution < -0.4 is 0 Å². The van der Waals surface area contributed by atoms with Gasteiger partial charge in [-0.3, -0.25) is 15.0 Å². The lowest BCUT2D eigenvalue weighted by molar-refractivity contribution is -0.387. The van der Waals surface area contributed by atoms with E-state index in [1.54, 1.807) is 6.07 Å². The van der Waals surface area contributed by atoms with Crippen molar-refractivity contribution in [1.82, 2.24) is 4.90 Å². The van der Waals surface area contributed by atoms with Gasteiger partial charge in [0.15, 0.2) is 0 Å². The van der Waals surface area contributed by atoms with Gasteiger partial charge in [-0.1, -0.05) is 19.9 Å². The van der Waals surface area contributed by atoms with Crippen LogP contribution in [0.3, 0.4) is 0 Å². The molecule has 1 rings (SSSR count). The van der Waals surface area contributed by atoms with E-state index in [4.69, 9.17) is 5.26 Å². The maximum absolute atomic E-state index is 13.6. The van der Waals surface area contributed by atoms with Gasteiger partial charge in [0.05, 0.1) is 11.0 Å². The van der Waals surface area contributed by atoms with Gasteiger partial charge in [0.1, 0.15) is 0 Å². The van der Waals surface area contributed by atoms with E-state index in [-0.39, 0.29) is 0 Å². The monoisotopic (exact) mass is 279 g/mol. The fraction of sp³-hybridized carbons (Fsp3) is 0.500. The second-order valence-corrected chi connectivity index (χ2v) is 5.08. The van der Waals surface area contributed by atoms with Crippen LogP contribution in [0.1, 0.15) is 25.8 Å². The highest BCUT2D eigenvalue weighted by molar-refractivity contribution is 5.34. The number of nitro groups is 1. The van der Waals surface area contributed by atoms with Crippen LogP contribution in [0.15, 0.2) is 18.2 Å². The molecule has 0 aliphatic rings. The first-order chi connectivity index (χ1) is 9.43. The van der Waals surface area contributed by atoms with Crippen molar-refractivity contribution in [2.75, 3.05) is 13.1 Å². The standard InChI is InChI=1S/C14H18FN3O2/c1-11(2)9-17(7-3-6-16)10-12-4-5-14(18(19)20)13(15)8-12/h4-5,8,11H,3,7,9-10H2,1-2H3. The predicted molar refractivity (Wildman–Crippen MR) is 73.4 cm³/mol. The third-order valence-electron chi connectivity index (χ3n) is 2.78. The Morgan fingerprint density at radius 2 is 2.20 bits per heavy atom. The van der Waals surface area contributed by atoms with Gasteiger partial charge >= 0.3 is 5.69 Å². The molecule has 0 N–H and O–H groups in total. The number of halogens is 1. The summed E-state index contributed by atoms with van der Waals surface area (Å²) < 4.78 is 13.6. The minimum Gasteiger partial charge on any atom is -0.298 e. The summed E-state index contributed by atoms with van der Waals surface area (Å²) in [5, 5.41) is 19.2. The number of nitriles is 1. The molecule has 20 heavy (non-hydrogen) atoms. The maximum atomic E-state index is 13.6. The van der Waals surface area contributed by atoms with Gasteiger partial charge in [-0.05, 0) is 17.5 Å². The average molecular weight is 279 g/mol. The van der Waals surface area contributed by atoms with Crippen molar-refractivity contribution in [3.63, 3.8) is 0 Å². The average Bonchev–Trinajstić information content (AvgIpc) is 2.35. The highest BCUT2D eigenvalue weighted by Crippen LogP contribution is 2.19. The second-order valence-electron chi connectivity index (χ2n) is 5.08. The zero-order valence-electron chi connectivity index (χ0n) is 11.7. The van der Waals surface area contributed by atoms with Crippen LogP contribution in [0.5, 0.6) is 0 Å². The topological polar surface area (TPSA) is 70.2 Å². The predicted octanol–water partition coefficient (Wildman–Crippen LogP) is 3.11. The molecule has 0 saturated heterocycles. The molecule has 0 saturated carbocycles. The quantitative estimate of drug-likeness (QED) is 0.568. The molecule has 6 heteroatoms. The zero-order chi connectivity index (χ0) is 15.1. The van der Waals surface area contributed by atoms with Crippen molar-refractivity contribution in [3.05, 3.63) is 39.7 Å². The van der Waals surface area contributed by atoms with E-state index in [0.717, 1.165) is 6.54 Å². The van der Waals surface area contributed by atoms with Crippen LogP contribution in [0, 0.1) is 33.2 Å². The summed E-state index contributed by atoms with van der Waals surface area (Å²) in [6.45, 7) is 6.01. The number of hydrogen-bond acceptors (Lipinski definition) is 4. The smallest absolute Gasteiger partial charge is 0.298 e. The Bertz CT molecular complexity index is 512. The molecule has 0 spiro atoms. The third-order valence-corrected chi connectivity index (χ3v) is 2.78. The van der Waals surface area contributed by atoms with Gasteiger partial charge in [-0.25, -0.2) is 0 Å². The lowest BCUT2D eigenvalue weighted by Crippen LogP contribution is -2.28. The first-order valence-electron chi connectivity index (χ1n) is 6.46. The van der Waals surface area contributed by atoms with Crippen LogP contribution in [0.25, 0.3) is 0 Å². The van der Waals surface area contributed by atoms with Crippen LogP contribution in [-0.2, 0) is 6.54 Å². The molecule has 1 aromatic rings. The Kier molecular flexibility index (Phi) is 6.07. The van der Waals surface area contributed by atoms with E-state index in [0.29, 0.717) is 31.0 Å². The SMILES string of the molecule is CC(C)CN(CCC#N)Cc1ccc([N+](=O)[O-])c(F)c1. The molecule has 0 atom stereocenters. The van der Waals surface area contributed by atoms with Gasteiger partial charge in [0, 0.05) is 32.1 Å². The Morgan fingerprint density at radius 3 is 2.70 bits per heavy atom. The van der Waals surface area contributed by atoms with E-state index in [1.165, 1.54) is 12.1 Å². The number of hydrogen-bond donors (Lipinski definition) is 0. The molecule has 0 amide bonds. The van der Waals surface area contributed by atoms with Crippen molar-refractivity contribution in [1.29, 1.82) is 5.26 Å². The summed E-state index contributed by atoms with van der Waals surface area (Å²) in [5.74, 6) is -0.395. The summed E-state index contributed by atoms with van der Waals surface area (Å²) in [6.07, 6.45) is 0.405. The summed E-state index contributed by atoms with van der Waals surface area (Å²) in [6, 6.07) is 6.02. The molecule has 0 heterocycles. The Labute approximate surface area is 117 Å². The molecule has 108 valence electrons. The molecular formula is C14H18FN3O2. The van der Waals surface area contributed by atoms with Gasteiger partial charge in [-0.2, -0.15) is 9.65 Å². The summed E-state index contributed by atoms with van der Waals surface area (Å²) in [7, 11) is 0. The molecule has 0 bridgehead atoms. The second kappa shape index (κ2) is 7.56. The van der Waals surface area contributed by atoms with E-state index in [1.807, 2.05) is 0 Å². The molecule has 0 radical (unpaired) electrons. The van der Waals surface area contributed by atoms with Gasteiger partial charge < -0.3 is 0 Å². The first kappa shape index (κ1) is 16.1. The molecule has 0 aromatic heterocycles. The molecule has 0 aliphatic heterocycles. The minimum atomic E-state index is -0.822. The van der Waals surface area contributed by atoms with E-state index >= 15 is 0 Å². The van der Waals surface area contributed by atoms with E-state index < -0.39 is 16.4 Å². The molecule has 5 nitrogen and oxygen atoms in total. The Morgan fingerprint density at radius 1 is 1.50 bits per heavy atom. The largest absolute Gasteiger partial charge is 0.304 e. The highest BCUT2D eigenvalue weighted by Gasteiger charge is 2.15. The number of nitrogens with zero attached hydrogens (tertiary/aromatic N) is 3. The lowest BCUT2D eigenvalue weighted by Gasteiger charge is -2.23. The highest BCUT2D eigenvalue weighted by atomic mass is 19.1. The normalized spacial score (nSPS) is 10.8. The van der Waals surface area contributed by atoms with Crippen LogP contribution >= 0.6 is 0 Å². The van der Waals surface area contributed by atoms with Crippen molar-refractivity contribution in [2.24, 2.45) is 5.92 Å². The van der Waals surface area contributed by atoms with Crippen LogP contribution in [0.4, 0.5) is 10.1 Å². The number of benzene rings is 1. The number of rotatable bonds is 7. The molecule has 0 unspecified atom stereocenters. The Balaban J connectivity index is 2.80. The maximum Gasteiger partial charge on any atom is 0.304 e. The summed E-state index contributed by atoms with van der Waals surface area (Å²) in [5.41, 5.74) is 0.160. The van der Waals surface area contributed by atoms with Crippen molar-refractivity contribution >= 4 is 5.69 Å². The molecular weight excluding hydrogens is 261 g/mol. The van der Waals surface area contributed by atoms with Gasteiger partial charge in [0.25, 0.3) is 0 Å². The zero-order valence-corrected chi connectivity index (χ0v) is 11.7. The van der Waals surface area contributed by atoms with Gasteiger partial charge in [-0.15, -0.1) is 0 Å². The minimum absolute atomic E-state index is 0.405. The van der Waals surface area contributed by atoms with Gasteiger partial charge in [0.2, 0.25) is 5.82 Å².